The monoisotopic (exact) mass is 401 g/mol. The van der Waals surface area contributed by atoms with Gasteiger partial charge in [-0.3, -0.25) is 9.59 Å². The van der Waals surface area contributed by atoms with Crippen LogP contribution in [0.25, 0.3) is 10.7 Å². The molecule has 1 aliphatic rings. The molecule has 2 amide bonds. The molecule has 4 heterocycles. The van der Waals surface area contributed by atoms with Crippen molar-refractivity contribution in [3.8, 4) is 10.7 Å². The number of H-pyrrole nitrogens is 1. The van der Waals surface area contributed by atoms with Crippen molar-refractivity contribution >= 4 is 23.2 Å². The number of piperidine rings is 1. The van der Waals surface area contributed by atoms with Crippen LogP contribution in [0.5, 0.6) is 0 Å². The van der Waals surface area contributed by atoms with E-state index in [9.17, 15) is 9.59 Å². The van der Waals surface area contributed by atoms with Crippen molar-refractivity contribution in [2.75, 3.05) is 13.1 Å². The molecule has 1 aliphatic heterocycles. The fraction of sp³-hybridized carbons (Fsp3) is 0.412. The first-order chi connectivity index (χ1) is 13.6. The Bertz CT molecular complexity index is 957. The molecule has 0 radical (unpaired) electrons. The first kappa shape index (κ1) is 18.3. The van der Waals surface area contributed by atoms with Gasteiger partial charge in [0, 0.05) is 31.8 Å². The third-order valence-electron chi connectivity index (χ3n) is 4.81. The molecular weight excluding hydrogens is 382 g/mol. The van der Waals surface area contributed by atoms with Crippen LogP contribution in [-0.4, -0.2) is 55.4 Å². The summed E-state index contributed by atoms with van der Waals surface area (Å²) in [5.41, 5.74) is 5.74. The normalized spacial score (nSPS) is 15.1. The Balaban J connectivity index is 1.29. The number of likely N-dealkylation sites (tertiary alicyclic amines) is 1. The molecule has 0 saturated carbocycles. The maximum absolute atomic E-state index is 12.5. The fourth-order valence-corrected chi connectivity index (χ4v) is 3.94. The smallest absolute Gasteiger partial charge is 0.271 e. The molecule has 28 heavy (non-hydrogen) atoms. The SMILES string of the molecule is NC(=O)c1n[nH]nc1CCC(=O)N1CCC(c2nc(-c3cccs3)no2)CC1. The molecule has 0 aromatic carbocycles. The summed E-state index contributed by atoms with van der Waals surface area (Å²) in [7, 11) is 0. The van der Waals surface area contributed by atoms with Gasteiger partial charge >= 0.3 is 0 Å². The maximum Gasteiger partial charge on any atom is 0.271 e. The van der Waals surface area contributed by atoms with Gasteiger partial charge in [0.15, 0.2) is 5.69 Å². The summed E-state index contributed by atoms with van der Waals surface area (Å²) < 4.78 is 5.44. The van der Waals surface area contributed by atoms with Crippen LogP contribution in [0.15, 0.2) is 22.0 Å². The molecule has 1 fully saturated rings. The number of aromatic nitrogens is 5. The minimum absolute atomic E-state index is 0.0154. The zero-order valence-corrected chi connectivity index (χ0v) is 15.8. The van der Waals surface area contributed by atoms with Gasteiger partial charge in [-0.2, -0.15) is 20.4 Å². The zero-order chi connectivity index (χ0) is 19.5. The molecular formula is C17H19N7O3S. The van der Waals surface area contributed by atoms with Crippen LogP contribution in [0, 0.1) is 0 Å². The van der Waals surface area contributed by atoms with Crippen LogP contribution >= 0.6 is 11.3 Å². The number of aryl methyl sites for hydroxylation is 1. The van der Waals surface area contributed by atoms with E-state index in [0.29, 0.717) is 36.9 Å². The summed E-state index contributed by atoms with van der Waals surface area (Å²) in [4.78, 5) is 31.0. The van der Waals surface area contributed by atoms with E-state index in [1.165, 1.54) is 0 Å². The van der Waals surface area contributed by atoms with Crippen LogP contribution in [0.1, 0.15) is 47.3 Å². The predicted molar refractivity (Wildman–Crippen MR) is 99.4 cm³/mol. The van der Waals surface area contributed by atoms with Gasteiger partial charge in [0.2, 0.25) is 17.6 Å². The second-order valence-electron chi connectivity index (χ2n) is 6.57. The summed E-state index contributed by atoms with van der Waals surface area (Å²) in [6.45, 7) is 1.25. The Kier molecular flexibility index (Phi) is 5.15. The second kappa shape index (κ2) is 7.89. The van der Waals surface area contributed by atoms with Gasteiger partial charge in [-0.25, -0.2) is 0 Å². The number of hydrogen-bond donors (Lipinski definition) is 2. The van der Waals surface area contributed by atoms with Crippen molar-refractivity contribution < 1.29 is 14.1 Å². The van der Waals surface area contributed by atoms with Gasteiger partial charge in [-0.05, 0) is 24.3 Å². The molecule has 146 valence electrons. The number of amides is 2. The molecule has 11 heteroatoms. The van der Waals surface area contributed by atoms with E-state index in [1.807, 2.05) is 22.4 Å². The Hall–Kier alpha value is -3.08. The predicted octanol–water partition coefficient (Wildman–Crippen LogP) is 1.35. The number of aromatic amines is 1. The lowest BCUT2D eigenvalue weighted by atomic mass is 9.96. The quantitative estimate of drug-likeness (QED) is 0.634. The minimum atomic E-state index is -0.654. The third kappa shape index (κ3) is 3.79. The number of nitrogens with two attached hydrogens (primary N) is 1. The number of thiophene rings is 1. The summed E-state index contributed by atoms with van der Waals surface area (Å²) in [5.74, 6) is 0.757. The number of nitrogens with zero attached hydrogens (tertiary/aromatic N) is 5. The van der Waals surface area contributed by atoms with Gasteiger partial charge in [0.05, 0.1) is 10.6 Å². The highest BCUT2D eigenvalue weighted by Gasteiger charge is 2.28. The molecule has 0 bridgehead atoms. The third-order valence-corrected chi connectivity index (χ3v) is 5.68. The Labute approximate surface area is 164 Å². The van der Waals surface area contributed by atoms with Gasteiger partial charge in [-0.15, -0.1) is 11.3 Å². The number of primary amides is 1. The number of hydrogen-bond acceptors (Lipinski definition) is 8. The van der Waals surface area contributed by atoms with Gasteiger partial charge in [-0.1, -0.05) is 11.2 Å². The Morgan fingerprint density at radius 1 is 1.32 bits per heavy atom. The van der Waals surface area contributed by atoms with Crippen molar-refractivity contribution in [3.63, 3.8) is 0 Å². The average Bonchev–Trinajstić information content (AvgIpc) is 3.47. The highest BCUT2D eigenvalue weighted by molar-refractivity contribution is 7.13. The highest BCUT2D eigenvalue weighted by atomic mass is 32.1. The number of carbonyl (C=O) groups excluding carboxylic acids is 2. The summed E-state index contributed by atoms with van der Waals surface area (Å²) in [6.07, 6.45) is 2.12. The van der Waals surface area contributed by atoms with Crippen LogP contribution in [0.4, 0.5) is 0 Å². The molecule has 1 saturated heterocycles. The van der Waals surface area contributed by atoms with Gasteiger partial charge in [0.1, 0.15) is 0 Å². The first-order valence-corrected chi connectivity index (χ1v) is 9.84. The first-order valence-electron chi connectivity index (χ1n) is 8.96. The van der Waals surface area contributed by atoms with Crippen molar-refractivity contribution in [3.05, 3.63) is 34.8 Å². The van der Waals surface area contributed by atoms with Crippen LogP contribution in [0.2, 0.25) is 0 Å². The fourth-order valence-electron chi connectivity index (χ4n) is 3.29. The summed E-state index contributed by atoms with van der Waals surface area (Å²) in [5, 5.41) is 16.0. The van der Waals surface area contributed by atoms with E-state index in [2.05, 4.69) is 25.6 Å². The van der Waals surface area contributed by atoms with Crippen molar-refractivity contribution in [2.24, 2.45) is 5.73 Å². The molecule has 10 nitrogen and oxygen atoms in total. The van der Waals surface area contributed by atoms with E-state index < -0.39 is 5.91 Å². The number of nitrogens with one attached hydrogen (secondary N) is 1. The molecule has 3 N–H and O–H groups in total. The number of rotatable bonds is 6. The van der Waals surface area contributed by atoms with Crippen LogP contribution < -0.4 is 5.73 Å². The van der Waals surface area contributed by atoms with E-state index in [1.54, 1.807) is 11.3 Å². The van der Waals surface area contributed by atoms with Crippen molar-refractivity contribution in [1.29, 1.82) is 0 Å². The summed E-state index contributed by atoms with van der Waals surface area (Å²) >= 11 is 1.57. The number of carbonyl (C=O) groups is 2. The molecule has 0 unspecified atom stereocenters. The Morgan fingerprint density at radius 2 is 2.14 bits per heavy atom. The van der Waals surface area contributed by atoms with Crippen LogP contribution in [-0.2, 0) is 11.2 Å². The lowest BCUT2D eigenvalue weighted by molar-refractivity contribution is -0.132. The molecule has 0 aliphatic carbocycles. The van der Waals surface area contributed by atoms with Gasteiger partial charge in [0.25, 0.3) is 5.91 Å². The molecule has 3 aromatic rings. The minimum Gasteiger partial charge on any atom is -0.364 e. The maximum atomic E-state index is 12.5. The van der Waals surface area contributed by atoms with E-state index in [-0.39, 0.29) is 23.9 Å². The van der Waals surface area contributed by atoms with Crippen molar-refractivity contribution in [1.82, 2.24) is 30.5 Å². The lowest BCUT2D eigenvalue weighted by Gasteiger charge is -2.30. The standard InChI is InChI=1S/C17H19N7O3S/c18-15(26)14-11(20-23-21-14)3-4-13(25)24-7-5-10(6-8-24)17-19-16(22-27-17)12-2-1-9-28-12/h1-2,9-10H,3-8H2,(H2,18,26)(H,20,21,23). The molecule has 0 spiro atoms. The van der Waals surface area contributed by atoms with Crippen LogP contribution in [0.3, 0.4) is 0 Å². The average molecular weight is 401 g/mol. The molecule has 0 atom stereocenters. The largest absolute Gasteiger partial charge is 0.364 e. The van der Waals surface area contributed by atoms with E-state index >= 15 is 0 Å². The second-order valence-corrected chi connectivity index (χ2v) is 7.52. The lowest BCUT2D eigenvalue weighted by Crippen LogP contribution is -2.38. The van der Waals surface area contributed by atoms with Crippen molar-refractivity contribution in [2.45, 2.75) is 31.6 Å². The summed E-state index contributed by atoms with van der Waals surface area (Å²) in [6, 6.07) is 3.91. The molecule has 4 rings (SSSR count). The van der Waals surface area contributed by atoms with Gasteiger partial charge < -0.3 is 15.2 Å². The topological polar surface area (TPSA) is 144 Å². The molecule has 3 aromatic heterocycles. The Morgan fingerprint density at radius 3 is 2.86 bits per heavy atom. The highest BCUT2D eigenvalue weighted by Crippen LogP contribution is 2.30. The van der Waals surface area contributed by atoms with E-state index in [0.717, 1.165) is 17.7 Å². The van der Waals surface area contributed by atoms with E-state index in [4.69, 9.17) is 10.3 Å². The zero-order valence-electron chi connectivity index (χ0n) is 15.0.